The molecule has 0 saturated carbocycles. The number of ether oxygens (including phenoxy) is 1. The Labute approximate surface area is 161 Å². The molecule has 140 valence electrons. The molecule has 3 aromatic rings. The van der Waals surface area contributed by atoms with Gasteiger partial charge in [-0.25, -0.2) is 0 Å². The summed E-state index contributed by atoms with van der Waals surface area (Å²) in [5.74, 6) is -0.561. The van der Waals surface area contributed by atoms with Crippen molar-refractivity contribution in [1.29, 1.82) is 0 Å². The third-order valence-corrected chi connectivity index (χ3v) is 5.15. The minimum Gasteiger partial charge on any atom is -0.375 e. The quantitative estimate of drug-likeness (QED) is 0.486. The minimum atomic E-state index is -2.19. The van der Waals surface area contributed by atoms with Crippen molar-refractivity contribution < 1.29 is 14.5 Å². The molecule has 0 aliphatic carbocycles. The van der Waals surface area contributed by atoms with Gasteiger partial charge in [0.25, 0.3) is 0 Å². The molecule has 5 heteroatoms. The first-order valence-corrected chi connectivity index (χ1v) is 10.2. The fourth-order valence-electron chi connectivity index (χ4n) is 2.91. The molecular weight excluding hydrogens is 357 g/mol. The molecule has 0 heterocycles. The van der Waals surface area contributed by atoms with E-state index in [2.05, 4.69) is 5.32 Å². The summed E-state index contributed by atoms with van der Waals surface area (Å²) >= 11 is 0. The van der Waals surface area contributed by atoms with Crippen molar-refractivity contribution >= 4 is 8.38 Å². The van der Waals surface area contributed by atoms with E-state index in [1.807, 2.05) is 91.0 Å². The molecule has 0 aliphatic heterocycles. The van der Waals surface area contributed by atoms with Crippen molar-refractivity contribution in [1.82, 2.24) is 5.32 Å². The van der Waals surface area contributed by atoms with E-state index in [1.54, 1.807) is 0 Å². The molecule has 0 bridgehead atoms. The fourth-order valence-corrected chi connectivity index (χ4v) is 3.43. The van der Waals surface area contributed by atoms with E-state index < -0.39 is 14.2 Å². The van der Waals surface area contributed by atoms with Gasteiger partial charge in [-0.05, 0) is 16.7 Å². The first kappa shape index (κ1) is 19.7. The predicted molar refractivity (Wildman–Crippen MR) is 109 cm³/mol. The number of rotatable bonds is 9. The van der Waals surface area contributed by atoms with Crippen LogP contribution in [0.15, 0.2) is 91.0 Å². The van der Waals surface area contributed by atoms with Crippen LogP contribution in [-0.2, 0) is 11.3 Å². The van der Waals surface area contributed by atoms with Crippen molar-refractivity contribution in [3.63, 3.8) is 0 Å². The van der Waals surface area contributed by atoms with E-state index in [9.17, 15) is 9.79 Å². The molecule has 0 spiro atoms. The molecule has 0 radical (unpaired) electrons. The Kier molecular flexibility index (Phi) is 7.52. The third-order valence-electron chi connectivity index (χ3n) is 4.29. The normalized spacial score (nSPS) is 12.4. The van der Waals surface area contributed by atoms with Crippen LogP contribution in [0.4, 0.5) is 0 Å². The Morgan fingerprint density at radius 2 is 1.22 bits per heavy atom. The number of hydrogen-bond acceptors (Lipinski definition) is 4. The van der Waals surface area contributed by atoms with Crippen LogP contribution in [0.3, 0.4) is 0 Å². The van der Waals surface area contributed by atoms with Gasteiger partial charge in [0.2, 0.25) is 0 Å². The summed E-state index contributed by atoms with van der Waals surface area (Å²) in [6, 6.07) is 29.7. The van der Waals surface area contributed by atoms with Crippen molar-refractivity contribution in [2.45, 2.75) is 18.4 Å². The maximum Gasteiger partial charge on any atom is 0.185 e. The minimum absolute atomic E-state index is 0.151. The second-order valence-electron chi connectivity index (χ2n) is 6.26. The molecule has 1 unspecified atom stereocenters. The van der Waals surface area contributed by atoms with E-state index in [-0.39, 0.29) is 12.6 Å². The summed E-state index contributed by atoms with van der Waals surface area (Å²) in [7, 11) is -2.19. The van der Waals surface area contributed by atoms with Crippen molar-refractivity contribution in [3.8, 4) is 0 Å². The Hall–Kier alpha value is -2.07. The Balaban J connectivity index is 1.71. The summed E-state index contributed by atoms with van der Waals surface area (Å²) in [5.41, 5.74) is 3.18. The van der Waals surface area contributed by atoms with Crippen LogP contribution in [0.2, 0.25) is 0 Å². The molecule has 0 saturated heterocycles. The average Bonchev–Trinajstić information content (AvgIpc) is 2.72. The lowest BCUT2D eigenvalue weighted by atomic mass is 9.99. The van der Waals surface area contributed by atoms with E-state index in [0.29, 0.717) is 6.61 Å². The van der Waals surface area contributed by atoms with E-state index >= 15 is 0 Å². The van der Waals surface area contributed by atoms with E-state index in [4.69, 9.17) is 4.74 Å². The molecule has 3 N–H and O–H groups in total. The SMILES string of the molecule is OP(O)C(COCc1ccccc1)NC(c1ccccc1)c1ccccc1. The van der Waals surface area contributed by atoms with Gasteiger partial charge >= 0.3 is 0 Å². The maximum atomic E-state index is 9.93. The lowest BCUT2D eigenvalue weighted by Gasteiger charge is -2.27. The van der Waals surface area contributed by atoms with Gasteiger partial charge in [0.1, 0.15) is 5.78 Å². The zero-order valence-electron chi connectivity index (χ0n) is 15.0. The van der Waals surface area contributed by atoms with Gasteiger partial charge in [-0.3, -0.25) is 5.32 Å². The number of hydrogen-bond donors (Lipinski definition) is 3. The van der Waals surface area contributed by atoms with Gasteiger partial charge in [-0.2, -0.15) is 0 Å². The Morgan fingerprint density at radius 3 is 1.70 bits per heavy atom. The molecule has 1 atom stereocenters. The van der Waals surface area contributed by atoms with Gasteiger partial charge in [-0.15, -0.1) is 0 Å². The first-order valence-electron chi connectivity index (χ1n) is 8.88. The number of benzene rings is 3. The molecule has 27 heavy (non-hydrogen) atoms. The number of nitrogens with one attached hydrogen (secondary N) is 1. The van der Waals surface area contributed by atoms with Crippen LogP contribution < -0.4 is 5.32 Å². The van der Waals surface area contributed by atoms with E-state index in [1.165, 1.54) is 0 Å². The fraction of sp³-hybridized carbons (Fsp3) is 0.182. The smallest absolute Gasteiger partial charge is 0.185 e. The molecule has 3 rings (SSSR count). The summed E-state index contributed by atoms with van der Waals surface area (Å²) < 4.78 is 5.75. The molecule has 4 nitrogen and oxygen atoms in total. The van der Waals surface area contributed by atoms with Gasteiger partial charge in [0.05, 0.1) is 19.3 Å². The highest BCUT2D eigenvalue weighted by molar-refractivity contribution is 7.45. The van der Waals surface area contributed by atoms with Gasteiger partial charge in [0, 0.05) is 0 Å². The highest BCUT2D eigenvalue weighted by Gasteiger charge is 2.24. The largest absolute Gasteiger partial charge is 0.375 e. The molecule has 0 amide bonds. The molecule has 0 fully saturated rings. The average molecular weight is 381 g/mol. The lowest BCUT2D eigenvalue weighted by molar-refractivity contribution is 0.110. The Bertz CT molecular complexity index is 745. The van der Waals surface area contributed by atoms with Gasteiger partial charge in [-0.1, -0.05) is 91.0 Å². The monoisotopic (exact) mass is 381 g/mol. The van der Waals surface area contributed by atoms with E-state index in [0.717, 1.165) is 16.7 Å². The van der Waals surface area contributed by atoms with Gasteiger partial charge in [0.15, 0.2) is 8.38 Å². The van der Waals surface area contributed by atoms with Crippen LogP contribution in [0.5, 0.6) is 0 Å². The summed E-state index contributed by atoms with van der Waals surface area (Å²) in [6.45, 7) is 0.646. The van der Waals surface area contributed by atoms with Crippen LogP contribution in [0.1, 0.15) is 22.7 Å². The van der Waals surface area contributed by atoms with Crippen molar-refractivity contribution in [2.75, 3.05) is 6.61 Å². The second-order valence-corrected chi connectivity index (χ2v) is 7.52. The van der Waals surface area contributed by atoms with Crippen LogP contribution in [0.25, 0.3) is 0 Å². The standard InChI is InChI=1S/C22H24NO3P/c24-27(25)21(17-26-16-18-10-4-1-5-11-18)23-22(19-12-6-2-7-13-19)20-14-8-3-9-15-20/h1-15,21-25H,16-17H2. The van der Waals surface area contributed by atoms with Crippen LogP contribution in [0, 0.1) is 0 Å². The highest BCUT2D eigenvalue weighted by atomic mass is 31.2. The first-order chi connectivity index (χ1) is 13.2. The molecular formula is C22H24NO3P. The topological polar surface area (TPSA) is 61.7 Å². The van der Waals surface area contributed by atoms with Crippen molar-refractivity contribution in [2.24, 2.45) is 0 Å². The molecule has 3 aromatic carbocycles. The summed E-state index contributed by atoms with van der Waals surface area (Å²) in [6.07, 6.45) is 0. The highest BCUT2D eigenvalue weighted by Crippen LogP contribution is 2.33. The lowest BCUT2D eigenvalue weighted by Crippen LogP contribution is -2.35. The van der Waals surface area contributed by atoms with Crippen LogP contribution >= 0.6 is 8.38 Å². The van der Waals surface area contributed by atoms with Crippen molar-refractivity contribution in [3.05, 3.63) is 108 Å². The zero-order chi connectivity index (χ0) is 18.9. The zero-order valence-corrected chi connectivity index (χ0v) is 15.9. The maximum absolute atomic E-state index is 9.93. The second kappa shape index (κ2) is 10.3. The third kappa shape index (κ3) is 5.96. The Morgan fingerprint density at radius 1 is 0.741 bits per heavy atom. The molecule has 0 aromatic heterocycles. The summed E-state index contributed by atoms with van der Waals surface area (Å²) in [4.78, 5) is 19.9. The summed E-state index contributed by atoms with van der Waals surface area (Å²) in [5, 5.41) is 3.38. The van der Waals surface area contributed by atoms with Crippen LogP contribution in [-0.4, -0.2) is 22.2 Å². The molecule has 0 aliphatic rings. The predicted octanol–water partition coefficient (Wildman–Crippen LogP) is 4.21. The van der Waals surface area contributed by atoms with Gasteiger partial charge < -0.3 is 14.5 Å².